The summed E-state index contributed by atoms with van der Waals surface area (Å²) in [5.74, 6) is 1.89. The second-order valence-corrected chi connectivity index (χ2v) is 13.6. The number of aromatic nitrogens is 3. The van der Waals surface area contributed by atoms with Crippen molar-refractivity contribution in [3.63, 3.8) is 0 Å². The van der Waals surface area contributed by atoms with Crippen LogP contribution in [0.4, 0.5) is 0 Å². The van der Waals surface area contributed by atoms with Gasteiger partial charge in [-0.3, -0.25) is 0 Å². The molecule has 0 aliphatic carbocycles. The summed E-state index contributed by atoms with van der Waals surface area (Å²) in [6.07, 6.45) is 0. The van der Waals surface area contributed by atoms with E-state index in [-0.39, 0.29) is 0 Å². The highest BCUT2D eigenvalue weighted by Crippen LogP contribution is 2.41. The summed E-state index contributed by atoms with van der Waals surface area (Å²) in [6, 6.07) is 70.6. The van der Waals surface area contributed by atoms with Gasteiger partial charge in [-0.15, -0.1) is 0 Å². The molecule has 0 radical (unpaired) electrons. The second-order valence-electron chi connectivity index (χ2n) is 13.6. The minimum Gasteiger partial charge on any atom is -0.208 e. The molecular weight excluding hydrogens is 655 g/mol. The Morgan fingerprint density at radius 3 is 1.46 bits per heavy atom. The van der Waals surface area contributed by atoms with Crippen molar-refractivity contribution in [3.05, 3.63) is 200 Å². The minimum absolute atomic E-state index is 0.628. The average molecular weight is 688 g/mol. The van der Waals surface area contributed by atoms with Gasteiger partial charge in [0, 0.05) is 16.7 Å². The summed E-state index contributed by atoms with van der Waals surface area (Å²) in [5, 5.41) is 7.43. The van der Waals surface area contributed by atoms with E-state index >= 15 is 0 Å². The van der Waals surface area contributed by atoms with Crippen LogP contribution in [0.25, 0.3) is 99.9 Å². The van der Waals surface area contributed by atoms with Gasteiger partial charge < -0.3 is 0 Å². The molecule has 0 bridgehead atoms. The number of hydrogen-bond acceptors (Lipinski definition) is 3. The van der Waals surface area contributed by atoms with Crippen molar-refractivity contribution in [2.75, 3.05) is 0 Å². The number of nitrogens with zero attached hydrogens (tertiary/aromatic N) is 3. The fourth-order valence-corrected chi connectivity index (χ4v) is 7.68. The van der Waals surface area contributed by atoms with Crippen LogP contribution in [0.2, 0.25) is 0 Å². The van der Waals surface area contributed by atoms with E-state index in [1.165, 1.54) is 37.9 Å². The van der Waals surface area contributed by atoms with Gasteiger partial charge in [0.25, 0.3) is 0 Å². The molecule has 0 atom stereocenters. The first-order chi connectivity index (χ1) is 26.8. The third-order valence-electron chi connectivity index (χ3n) is 10.3. The number of benzene rings is 9. The van der Waals surface area contributed by atoms with E-state index in [1.54, 1.807) is 0 Å². The Labute approximate surface area is 313 Å². The van der Waals surface area contributed by atoms with Crippen molar-refractivity contribution in [2.45, 2.75) is 0 Å². The largest absolute Gasteiger partial charge is 0.208 e. The zero-order chi connectivity index (χ0) is 35.8. The standard InChI is InChI=1S/C51H33N3/c1-4-14-34(15-5-1)40-30-31-43(35-16-6-2-7-17-35)46(33-40)51-53-49(38-19-8-3-9-20-38)52-50(54-51)39-27-25-37(26-28-39)47-45-23-13-11-21-41(45)32-42-29-24-36-18-10-12-22-44(36)48(42)47/h1-33H. The minimum atomic E-state index is 0.628. The van der Waals surface area contributed by atoms with Crippen LogP contribution in [0.3, 0.4) is 0 Å². The molecule has 0 saturated carbocycles. The van der Waals surface area contributed by atoms with Gasteiger partial charge >= 0.3 is 0 Å². The molecule has 10 aromatic rings. The molecule has 0 N–H and O–H groups in total. The van der Waals surface area contributed by atoms with E-state index in [1.807, 2.05) is 30.3 Å². The molecule has 10 rings (SSSR count). The highest BCUT2D eigenvalue weighted by Gasteiger charge is 2.18. The fourth-order valence-electron chi connectivity index (χ4n) is 7.68. The van der Waals surface area contributed by atoms with Crippen molar-refractivity contribution in [1.29, 1.82) is 0 Å². The molecule has 0 aliphatic heterocycles. The quantitative estimate of drug-likeness (QED) is 0.129. The van der Waals surface area contributed by atoms with Gasteiger partial charge in [-0.25, -0.2) is 15.0 Å². The molecule has 9 aromatic carbocycles. The molecule has 0 fully saturated rings. The predicted octanol–water partition coefficient (Wildman–Crippen LogP) is 13.3. The van der Waals surface area contributed by atoms with Gasteiger partial charge in [-0.1, -0.05) is 188 Å². The van der Waals surface area contributed by atoms with Gasteiger partial charge in [-0.2, -0.15) is 0 Å². The molecule has 0 saturated heterocycles. The van der Waals surface area contributed by atoms with E-state index < -0.39 is 0 Å². The van der Waals surface area contributed by atoms with E-state index in [9.17, 15) is 0 Å². The zero-order valence-electron chi connectivity index (χ0n) is 29.4. The van der Waals surface area contributed by atoms with Crippen LogP contribution in [0.1, 0.15) is 0 Å². The highest BCUT2D eigenvalue weighted by atomic mass is 15.0. The SMILES string of the molecule is c1ccc(-c2ccc(-c3ccccc3)c(-c3nc(-c4ccccc4)nc(-c4ccc(-c5c6ccccc6cc6ccc7ccccc7c56)cc4)n3)c2)cc1. The van der Waals surface area contributed by atoms with Gasteiger partial charge in [0.1, 0.15) is 0 Å². The molecular formula is C51H33N3. The van der Waals surface area contributed by atoms with Crippen molar-refractivity contribution < 1.29 is 0 Å². The first-order valence-electron chi connectivity index (χ1n) is 18.3. The monoisotopic (exact) mass is 687 g/mol. The molecule has 0 spiro atoms. The fraction of sp³-hybridized carbons (Fsp3) is 0. The Bertz CT molecular complexity index is 2960. The molecule has 1 aromatic heterocycles. The number of rotatable bonds is 6. The van der Waals surface area contributed by atoms with Gasteiger partial charge in [0.2, 0.25) is 0 Å². The molecule has 0 amide bonds. The summed E-state index contributed by atoms with van der Waals surface area (Å²) in [7, 11) is 0. The van der Waals surface area contributed by atoms with E-state index in [0.717, 1.165) is 44.5 Å². The maximum absolute atomic E-state index is 5.24. The summed E-state index contributed by atoms with van der Waals surface area (Å²) in [4.78, 5) is 15.5. The van der Waals surface area contributed by atoms with Crippen LogP contribution in [0, 0.1) is 0 Å². The lowest BCUT2D eigenvalue weighted by molar-refractivity contribution is 1.07. The van der Waals surface area contributed by atoms with Crippen LogP contribution in [-0.4, -0.2) is 15.0 Å². The Balaban J connectivity index is 1.17. The Morgan fingerprint density at radius 1 is 0.259 bits per heavy atom. The van der Waals surface area contributed by atoms with Crippen molar-refractivity contribution in [1.82, 2.24) is 15.0 Å². The van der Waals surface area contributed by atoms with Crippen LogP contribution < -0.4 is 0 Å². The Morgan fingerprint density at radius 2 is 0.759 bits per heavy atom. The lowest BCUT2D eigenvalue weighted by Gasteiger charge is -2.15. The van der Waals surface area contributed by atoms with Crippen molar-refractivity contribution >= 4 is 32.3 Å². The molecule has 0 aliphatic rings. The van der Waals surface area contributed by atoms with Gasteiger partial charge in [-0.05, 0) is 77.8 Å². The molecule has 54 heavy (non-hydrogen) atoms. The first-order valence-corrected chi connectivity index (χ1v) is 18.3. The zero-order valence-corrected chi connectivity index (χ0v) is 29.4. The molecule has 0 unspecified atom stereocenters. The Hall–Kier alpha value is -7.23. The van der Waals surface area contributed by atoms with Crippen LogP contribution >= 0.6 is 0 Å². The average Bonchev–Trinajstić information content (AvgIpc) is 3.26. The van der Waals surface area contributed by atoms with Crippen molar-refractivity contribution in [3.8, 4) is 67.5 Å². The predicted molar refractivity (Wildman–Crippen MR) is 225 cm³/mol. The lowest BCUT2D eigenvalue weighted by Crippen LogP contribution is -2.01. The third-order valence-corrected chi connectivity index (χ3v) is 10.3. The van der Waals surface area contributed by atoms with E-state index in [0.29, 0.717) is 17.5 Å². The number of fused-ring (bicyclic) bond motifs is 4. The summed E-state index contributed by atoms with van der Waals surface area (Å²) in [6.45, 7) is 0. The smallest absolute Gasteiger partial charge is 0.164 e. The van der Waals surface area contributed by atoms with Gasteiger partial charge in [0.05, 0.1) is 0 Å². The maximum Gasteiger partial charge on any atom is 0.164 e. The molecule has 3 heteroatoms. The van der Waals surface area contributed by atoms with Crippen LogP contribution in [0.5, 0.6) is 0 Å². The first kappa shape index (κ1) is 31.5. The number of hydrogen-bond donors (Lipinski definition) is 0. The Kier molecular flexibility index (Phi) is 7.81. The third kappa shape index (κ3) is 5.69. The molecule has 252 valence electrons. The normalized spacial score (nSPS) is 11.3. The molecule has 3 nitrogen and oxygen atoms in total. The highest BCUT2D eigenvalue weighted by molar-refractivity contribution is 6.21. The second kappa shape index (κ2) is 13.4. The maximum atomic E-state index is 5.24. The van der Waals surface area contributed by atoms with E-state index in [4.69, 9.17) is 15.0 Å². The van der Waals surface area contributed by atoms with Crippen molar-refractivity contribution in [2.24, 2.45) is 0 Å². The summed E-state index contributed by atoms with van der Waals surface area (Å²) >= 11 is 0. The summed E-state index contributed by atoms with van der Waals surface area (Å²) in [5.41, 5.74) is 9.62. The topological polar surface area (TPSA) is 38.7 Å². The van der Waals surface area contributed by atoms with Gasteiger partial charge in [0.15, 0.2) is 17.5 Å². The summed E-state index contributed by atoms with van der Waals surface area (Å²) < 4.78 is 0. The lowest BCUT2D eigenvalue weighted by atomic mass is 9.89. The molecule has 1 heterocycles. The van der Waals surface area contributed by atoms with Crippen LogP contribution in [-0.2, 0) is 0 Å². The van der Waals surface area contributed by atoms with E-state index in [2.05, 4.69) is 170 Å². The van der Waals surface area contributed by atoms with Crippen LogP contribution in [0.15, 0.2) is 200 Å².